The second kappa shape index (κ2) is 6.89. The Morgan fingerprint density at radius 2 is 1.89 bits per heavy atom. The zero-order valence-electron chi connectivity index (χ0n) is 16.6. The standard InChI is InChI=1S/C22H27N5/c1-16-18(15-27(25-16)19-8-6-5-7-9-19)14-26-11-10-20-17(13-26)12-23-21(24-20)22(2,3)4/h5-9,12,15H,10-11,13-14H2,1-4H3. The van der Waals surface area contributed by atoms with Gasteiger partial charge in [-0.15, -0.1) is 0 Å². The van der Waals surface area contributed by atoms with E-state index in [1.807, 2.05) is 29.1 Å². The van der Waals surface area contributed by atoms with E-state index in [1.54, 1.807) is 0 Å². The molecule has 4 rings (SSSR count). The Morgan fingerprint density at radius 3 is 2.63 bits per heavy atom. The molecule has 3 aromatic rings. The van der Waals surface area contributed by atoms with Gasteiger partial charge in [0.2, 0.25) is 0 Å². The average molecular weight is 361 g/mol. The fraction of sp³-hybridized carbons (Fsp3) is 0.409. The molecule has 5 heteroatoms. The summed E-state index contributed by atoms with van der Waals surface area (Å²) < 4.78 is 1.97. The van der Waals surface area contributed by atoms with Crippen molar-refractivity contribution in [2.24, 2.45) is 0 Å². The maximum atomic E-state index is 4.83. The lowest BCUT2D eigenvalue weighted by Gasteiger charge is -2.29. The van der Waals surface area contributed by atoms with E-state index in [-0.39, 0.29) is 5.41 Å². The highest BCUT2D eigenvalue weighted by atomic mass is 15.3. The van der Waals surface area contributed by atoms with Crippen molar-refractivity contribution in [1.82, 2.24) is 24.6 Å². The third-order valence-electron chi connectivity index (χ3n) is 5.10. The van der Waals surface area contributed by atoms with Gasteiger partial charge in [0.25, 0.3) is 0 Å². The van der Waals surface area contributed by atoms with E-state index in [0.717, 1.165) is 43.3 Å². The molecule has 2 aromatic heterocycles. The number of rotatable bonds is 3. The van der Waals surface area contributed by atoms with Gasteiger partial charge in [0.15, 0.2) is 0 Å². The van der Waals surface area contributed by atoms with Gasteiger partial charge in [-0.05, 0) is 19.1 Å². The molecule has 0 unspecified atom stereocenters. The van der Waals surface area contributed by atoms with Crippen LogP contribution < -0.4 is 0 Å². The first kappa shape index (κ1) is 17.9. The maximum absolute atomic E-state index is 4.83. The SMILES string of the molecule is Cc1nn(-c2ccccc2)cc1CN1CCc2nc(C(C)(C)C)ncc2C1. The van der Waals surface area contributed by atoms with Crippen molar-refractivity contribution >= 4 is 0 Å². The number of nitrogens with zero attached hydrogens (tertiary/aromatic N) is 5. The summed E-state index contributed by atoms with van der Waals surface area (Å²) in [5.41, 5.74) is 5.91. The van der Waals surface area contributed by atoms with Crippen LogP contribution in [0, 0.1) is 6.92 Å². The van der Waals surface area contributed by atoms with Crippen molar-refractivity contribution in [2.75, 3.05) is 6.54 Å². The molecule has 0 fully saturated rings. The molecule has 1 aliphatic rings. The first-order chi connectivity index (χ1) is 12.9. The second-order valence-electron chi connectivity index (χ2n) is 8.40. The van der Waals surface area contributed by atoms with Crippen molar-refractivity contribution in [3.63, 3.8) is 0 Å². The molecule has 27 heavy (non-hydrogen) atoms. The average Bonchev–Trinajstić information content (AvgIpc) is 3.02. The van der Waals surface area contributed by atoms with Gasteiger partial charge in [0, 0.05) is 60.7 Å². The molecule has 0 spiro atoms. The number of aromatic nitrogens is 4. The van der Waals surface area contributed by atoms with Crippen molar-refractivity contribution in [2.45, 2.75) is 52.6 Å². The van der Waals surface area contributed by atoms with Crippen molar-refractivity contribution < 1.29 is 0 Å². The van der Waals surface area contributed by atoms with Crippen LogP contribution in [0.4, 0.5) is 0 Å². The van der Waals surface area contributed by atoms with E-state index in [4.69, 9.17) is 10.1 Å². The minimum absolute atomic E-state index is 0.00467. The summed E-state index contributed by atoms with van der Waals surface area (Å²) in [5, 5.41) is 4.69. The summed E-state index contributed by atoms with van der Waals surface area (Å²) in [6.07, 6.45) is 5.15. The Bertz CT molecular complexity index is 937. The topological polar surface area (TPSA) is 46.8 Å². The van der Waals surface area contributed by atoms with E-state index in [1.165, 1.54) is 16.8 Å². The molecule has 0 radical (unpaired) electrons. The van der Waals surface area contributed by atoms with E-state index >= 15 is 0 Å². The van der Waals surface area contributed by atoms with Gasteiger partial charge in [-0.25, -0.2) is 14.6 Å². The first-order valence-electron chi connectivity index (χ1n) is 9.58. The molecule has 0 aliphatic carbocycles. The van der Waals surface area contributed by atoms with Gasteiger partial charge in [-0.2, -0.15) is 5.10 Å². The molecule has 1 aliphatic heterocycles. The molecule has 0 saturated carbocycles. The predicted octanol–water partition coefficient (Wildman–Crippen LogP) is 3.83. The van der Waals surface area contributed by atoms with Gasteiger partial charge in [0.1, 0.15) is 5.82 Å². The van der Waals surface area contributed by atoms with Gasteiger partial charge >= 0.3 is 0 Å². The first-order valence-corrected chi connectivity index (χ1v) is 9.58. The molecule has 0 bridgehead atoms. The quantitative estimate of drug-likeness (QED) is 0.711. The largest absolute Gasteiger partial charge is 0.294 e. The molecule has 1 aromatic carbocycles. The molecular weight excluding hydrogens is 334 g/mol. The Morgan fingerprint density at radius 1 is 1.11 bits per heavy atom. The lowest BCUT2D eigenvalue weighted by molar-refractivity contribution is 0.241. The fourth-order valence-corrected chi connectivity index (χ4v) is 3.48. The predicted molar refractivity (Wildman–Crippen MR) is 107 cm³/mol. The highest BCUT2D eigenvalue weighted by Crippen LogP contribution is 2.24. The van der Waals surface area contributed by atoms with Crippen molar-refractivity contribution in [3.8, 4) is 5.69 Å². The van der Waals surface area contributed by atoms with E-state index in [0.29, 0.717) is 0 Å². The smallest absolute Gasteiger partial charge is 0.133 e. The van der Waals surface area contributed by atoms with Crippen molar-refractivity contribution in [3.05, 3.63) is 71.1 Å². The lowest BCUT2D eigenvalue weighted by Crippen LogP contribution is -2.32. The fourth-order valence-electron chi connectivity index (χ4n) is 3.48. The Balaban J connectivity index is 1.50. The molecule has 0 amide bonds. The van der Waals surface area contributed by atoms with Gasteiger partial charge < -0.3 is 0 Å². The van der Waals surface area contributed by atoms with Gasteiger partial charge in [-0.1, -0.05) is 39.0 Å². The van der Waals surface area contributed by atoms with Crippen LogP contribution >= 0.6 is 0 Å². The minimum Gasteiger partial charge on any atom is -0.294 e. The third-order valence-corrected chi connectivity index (χ3v) is 5.10. The van der Waals surface area contributed by atoms with Gasteiger partial charge in [0.05, 0.1) is 11.4 Å². The van der Waals surface area contributed by atoms with Crippen LogP contribution in [0.2, 0.25) is 0 Å². The Labute approximate surface area is 161 Å². The summed E-state index contributed by atoms with van der Waals surface area (Å²) >= 11 is 0. The molecule has 0 atom stereocenters. The van der Waals surface area contributed by atoms with E-state index in [9.17, 15) is 0 Å². The number of hydrogen-bond donors (Lipinski definition) is 0. The molecule has 0 N–H and O–H groups in total. The highest BCUT2D eigenvalue weighted by molar-refractivity contribution is 5.32. The van der Waals surface area contributed by atoms with E-state index < -0.39 is 0 Å². The summed E-state index contributed by atoms with van der Waals surface area (Å²) in [6.45, 7) is 11.4. The van der Waals surface area contributed by atoms with Crippen LogP contribution in [-0.2, 0) is 24.9 Å². The van der Waals surface area contributed by atoms with Crippen LogP contribution in [0.25, 0.3) is 5.69 Å². The molecule has 0 saturated heterocycles. The third kappa shape index (κ3) is 3.78. The number of fused-ring (bicyclic) bond motifs is 1. The number of aryl methyl sites for hydroxylation is 1. The van der Waals surface area contributed by atoms with Crippen LogP contribution in [-0.4, -0.2) is 31.2 Å². The summed E-state index contributed by atoms with van der Waals surface area (Å²) in [6, 6.07) is 10.3. The normalized spacial score (nSPS) is 15.0. The Hall–Kier alpha value is -2.53. The zero-order valence-corrected chi connectivity index (χ0v) is 16.6. The lowest BCUT2D eigenvalue weighted by atomic mass is 9.95. The number of benzene rings is 1. The maximum Gasteiger partial charge on any atom is 0.133 e. The summed E-state index contributed by atoms with van der Waals surface area (Å²) in [7, 11) is 0. The Kier molecular flexibility index (Phi) is 4.56. The van der Waals surface area contributed by atoms with Crippen LogP contribution in [0.3, 0.4) is 0 Å². The number of hydrogen-bond acceptors (Lipinski definition) is 4. The van der Waals surface area contributed by atoms with Gasteiger partial charge in [-0.3, -0.25) is 4.90 Å². The van der Waals surface area contributed by atoms with E-state index in [2.05, 4.69) is 55.9 Å². The second-order valence-corrected chi connectivity index (χ2v) is 8.40. The minimum atomic E-state index is -0.00467. The zero-order chi connectivity index (χ0) is 19.0. The molecular formula is C22H27N5. The van der Waals surface area contributed by atoms with Crippen LogP contribution in [0.15, 0.2) is 42.7 Å². The van der Waals surface area contributed by atoms with Crippen LogP contribution in [0.5, 0.6) is 0 Å². The molecule has 3 heterocycles. The summed E-state index contributed by atoms with van der Waals surface area (Å²) in [4.78, 5) is 11.9. The molecule has 140 valence electrons. The molecule has 5 nitrogen and oxygen atoms in total. The monoisotopic (exact) mass is 361 g/mol. The highest BCUT2D eigenvalue weighted by Gasteiger charge is 2.23. The summed E-state index contributed by atoms with van der Waals surface area (Å²) in [5.74, 6) is 0.940. The number of para-hydroxylation sites is 1. The van der Waals surface area contributed by atoms with Crippen LogP contribution in [0.1, 0.15) is 49.1 Å². The van der Waals surface area contributed by atoms with Crippen molar-refractivity contribution in [1.29, 1.82) is 0 Å².